The topological polar surface area (TPSA) is 23.5 Å². The van der Waals surface area contributed by atoms with E-state index in [9.17, 15) is 9.28 Å². The summed E-state index contributed by atoms with van der Waals surface area (Å²) in [7, 11) is -0.256. The molecule has 24 heavy (non-hydrogen) atoms. The minimum Gasteiger partial charge on any atom is -0.375 e. The molecule has 0 aliphatic heterocycles. The van der Waals surface area contributed by atoms with Crippen molar-refractivity contribution < 1.29 is 9.28 Å². The van der Waals surface area contributed by atoms with Gasteiger partial charge in [-0.25, -0.2) is 4.39 Å². The number of anilines is 1. The van der Waals surface area contributed by atoms with E-state index in [4.69, 9.17) is 23.2 Å². The molecule has 0 amide bonds. The van der Waals surface area contributed by atoms with E-state index in [1.165, 1.54) is 24.1 Å². The highest BCUT2D eigenvalue weighted by molar-refractivity contribution is 8.00. The maximum atomic E-state index is 13.6. The molecule has 1 N–H and O–H groups in total. The van der Waals surface area contributed by atoms with Crippen molar-refractivity contribution in [3.05, 3.63) is 70.5 Å². The first kappa shape index (κ1) is 17.8. The van der Waals surface area contributed by atoms with Crippen molar-refractivity contribution in [3.8, 4) is 0 Å². The Morgan fingerprint density at radius 1 is 1.04 bits per heavy atom. The first-order valence-corrected chi connectivity index (χ1v) is 9.73. The predicted molar refractivity (Wildman–Crippen MR) is 104 cm³/mol. The third-order valence-corrected chi connectivity index (χ3v) is 5.65. The zero-order valence-corrected chi connectivity index (χ0v) is 15.7. The average molecular weight is 400 g/mol. The highest BCUT2D eigenvalue weighted by atomic mass is 35.5. The lowest BCUT2D eigenvalue weighted by Crippen LogP contribution is -2.12. The molecule has 0 heterocycles. The van der Waals surface area contributed by atoms with Crippen LogP contribution in [0.15, 0.2) is 59.5 Å². The maximum absolute atomic E-state index is 13.6. The van der Waals surface area contributed by atoms with Gasteiger partial charge in [-0.2, -0.15) is 0 Å². The van der Waals surface area contributed by atoms with Gasteiger partial charge < -0.3 is 9.20 Å². The summed E-state index contributed by atoms with van der Waals surface area (Å²) in [6, 6.07) is 17.1. The summed E-state index contributed by atoms with van der Waals surface area (Å²) >= 11 is 13.1. The van der Waals surface area contributed by atoms with E-state index < -0.39 is 5.82 Å². The van der Waals surface area contributed by atoms with Gasteiger partial charge in [0.25, 0.3) is 0 Å². The molecule has 3 aromatic rings. The van der Waals surface area contributed by atoms with E-state index in [-0.39, 0.29) is 18.9 Å². The van der Waals surface area contributed by atoms with Crippen LogP contribution in [0.2, 0.25) is 10.0 Å². The van der Waals surface area contributed by atoms with Crippen molar-refractivity contribution in [1.29, 1.82) is 0 Å². The summed E-state index contributed by atoms with van der Waals surface area (Å²) in [5, 5.41) is 2.14. The molecule has 0 saturated heterocycles. The van der Waals surface area contributed by atoms with Crippen LogP contribution in [0.4, 0.5) is 10.1 Å². The molecular weight excluding hydrogens is 387 g/mol. The highest BCUT2D eigenvalue weighted by Gasteiger charge is 2.14. The van der Waals surface area contributed by atoms with Gasteiger partial charge in [-0.05, 0) is 35.5 Å². The van der Waals surface area contributed by atoms with Crippen LogP contribution in [0.1, 0.15) is 0 Å². The second-order valence-electron chi connectivity index (χ2n) is 4.99. The van der Waals surface area contributed by atoms with Gasteiger partial charge in [0.05, 0.1) is 22.0 Å². The molecular formula is C17H13Cl2FNOPS. The fraction of sp³-hybridized carbons (Fsp3) is 0.0588. The predicted octanol–water partition coefficient (Wildman–Crippen LogP) is 6.34. The number of benzene rings is 3. The number of rotatable bonds is 5. The van der Waals surface area contributed by atoms with Crippen LogP contribution < -0.4 is 4.31 Å². The standard InChI is InChI=1S/C17H13Cl2FNOPS/c18-14-8-12(9-15(19)17(14)20)24-21(10-23-22)16-7-3-5-11-4-1-2-6-13(11)16/h1-9,22-23H,10H2. The van der Waals surface area contributed by atoms with E-state index >= 15 is 0 Å². The van der Waals surface area contributed by atoms with E-state index in [2.05, 4.69) is 0 Å². The molecule has 0 radical (unpaired) electrons. The Morgan fingerprint density at radius 3 is 2.42 bits per heavy atom. The second-order valence-corrected chi connectivity index (χ2v) is 7.53. The van der Waals surface area contributed by atoms with Gasteiger partial charge in [0, 0.05) is 19.1 Å². The summed E-state index contributed by atoms with van der Waals surface area (Å²) < 4.78 is 15.6. The van der Waals surface area contributed by atoms with Crippen molar-refractivity contribution >= 4 is 60.4 Å². The SMILES string of the molecule is OPCN(Sc1cc(Cl)c(F)c(Cl)c1)c1cccc2ccccc12. The fourth-order valence-corrected chi connectivity index (χ4v) is 4.57. The molecule has 7 heteroatoms. The summed E-state index contributed by atoms with van der Waals surface area (Å²) in [6.45, 7) is 0. The number of nitrogens with zero attached hydrogens (tertiary/aromatic N) is 1. The highest BCUT2D eigenvalue weighted by Crippen LogP contribution is 2.38. The molecule has 0 aliphatic carbocycles. The van der Waals surface area contributed by atoms with Gasteiger partial charge in [0.2, 0.25) is 0 Å². The van der Waals surface area contributed by atoms with Gasteiger partial charge in [-0.15, -0.1) is 0 Å². The Bertz CT molecular complexity index is 852. The van der Waals surface area contributed by atoms with E-state index in [1.54, 1.807) is 0 Å². The van der Waals surface area contributed by atoms with Gasteiger partial charge in [0.1, 0.15) is 0 Å². The van der Waals surface area contributed by atoms with Crippen LogP contribution in [-0.4, -0.2) is 11.2 Å². The van der Waals surface area contributed by atoms with E-state index in [1.807, 2.05) is 46.8 Å². The molecule has 1 atom stereocenters. The third-order valence-electron chi connectivity index (χ3n) is 3.42. The van der Waals surface area contributed by atoms with Crippen LogP contribution in [0, 0.1) is 5.82 Å². The Kier molecular flexibility index (Phi) is 5.85. The number of halogens is 3. The smallest absolute Gasteiger partial charge is 0.160 e. The first-order valence-electron chi connectivity index (χ1n) is 7.05. The lowest BCUT2D eigenvalue weighted by atomic mass is 10.1. The van der Waals surface area contributed by atoms with Crippen LogP contribution >= 0.6 is 44.0 Å². The van der Waals surface area contributed by atoms with Crippen molar-refractivity contribution in [2.75, 3.05) is 10.6 Å². The molecule has 0 fully saturated rings. The molecule has 2 nitrogen and oxygen atoms in total. The number of hydrogen-bond acceptors (Lipinski definition) is 3. The fourth-order valence-electron chi connectivity index (χ4n) is 2.37. The van der Waals surface area contributed by atoms with Gasteiger partial charge in [0.15, 0.2) is 5.82 Å². The Labute approximate surface area is 155 Å². The van der Waals surface area contributed by atoms with Crippen molar-refractivity contribution in [3.63, 3.8) is 0 Å². The van der Waals surface area contributed by atoms with E-state index in [0.717, 1.165) is 16.5 Å². The molecule has 124 valence electrons. The molecule has 3 rings (SSSR count). The Hall–Kier alpha value is -1.03. The van der Waals surface area contributed by atoms with Gasteiger partial charge in [-0.1, -0.05) is 59.6 Å². The average Bonchev–Trinajstić information content (AvgIpc) is 2.59. The molecule has 1 unspecified atom stereocenters. The minimum atomic E-state index is -0.622. The normalized spacial score (nSPS) is 11.5. The zero-order valence-electron chi connectivity index (χ0n) is 12.3. The molecule has 0 spiro atoms. The minimum absolute atomic E-state index is 0.0192. The molecule has 0 aliphatic rings. The second kappa shape index (κ2) is 7.90. The number of fused-ring (bicyclic) bond motifs is 1. The molecule has 0 aromatic heterocycles. The summed E-state index contributed by atoms with van der Waals surface area (Å²) in [4.78, 5) is 10.2. The zero-order chi connectivity index (χ0) is 17.1. The van der Waals surface area contributed by atoms with Crippen LogP contribution in [-0.2, 0) is 0 Å². The maximum Gasteiger partial charge on any atom is 0.160 e. The third kappa shape index (κ3) is 3.79. The lowest BCUT2D eigenvalue weighted by Gasteiger charge is -2.24. The Morgan fingerprint density at radius 2 is 1.71 bits per heavy atom. The Balaban J connectivity index is 2.01. The van der Waals surface area contributed by atoms with Crippen LogP contribution in [0.25, 0.3) is 10.8 Å². The summed E-state index contributed by atoms with van der Waals surface area (Å²) in [5.41, 5.74) is 0.969. The van der Waals surface area contributed by atoms with Gasteiger partial charge in [-0.3, -0.25) is 0 Å². The molecule has 3 aromatic carbocycles. The molecule has 0 saturated carbocycles. The summed E-state index contributed by atoms with van der Waals surface area (Å²) in [5.74, 6) is -0.622. The largest absolute Gasteiger partial charge is 0.375 e. The monoisotopic (exact) mass is 399 g/mol. The first-order chi connectivity index (χ1) is 11.6. The van der Waals surface area contributed by atoms with Crippen molar-refractivity contribution in [2.45, 2.75) is 4.90 Å². The number of hydrogen-bond donors (Lipinski definition) is 1. The quantitative estimate of drug-likeness (QED) is 0.307. The van der Waals surface area contributed by atoms with E-state index in [0.29, 0.717) is 11.2 Å². The van der Waals surface area contributed by atoms with Crippen LogP contribution in [0.3, 0.4) is 0 Å². The summed E-state index contributed by atoms with van der Waals surface area (Å²) in [6.07, 6.45) is 0.436. The lowest BCUT2D eigenvalue weighted by molar-refractivity contribution is 0.627. The van der Waals surface area contributed by atoms with Gasteiger partial charge >= 0.3 is 0 Å². The van der Waals surface area contributed by atoms with Crippen molar-refractivity contribution in [2.24, 2.45) is 0 Å². The molecule has 0 bridgehead atoms. The van der Waals surface area contributed by atoms with Crippen LogP contribution in [0.5, 0.6) is 0 Å². The van der Waals surface area contributed by atoms with Crippen molar-refractivity contribution in [1.82, 2.24) is 0 Å².